The van der Waals surface area contributed by atoms with E-state index in [1.807, 2.05) is 19.1 Å². The molecule has 1 aliphatic heterocycles. The van der Waals surface area contributed by atoms with Gasteiger partial charge in [-0.3, -0.25) is 9.59 Å². The van der Waals surface area contributed by atoms with Gasteiger partial charge in [-0.2, -0.15) is 0 Å². The number of carboxylic acid groups (broad SMARTS) is 1. The molecule has 4 nitrogen and oxygen atoms in total. The fraction of sp³-hybridized carbons (Fsp3) is 0.385. The number of carboxylic acids is 1. The van der Waals surface area contributed by atoms with Gasteiger partial charge in [0, 0.05) is 23.3 Å². The summed E-state index contributed by atoms with van der Waals surface area (Å²) in [6.45, 7) is 2.32. The molecule has 1 amide bonds. The second-order valence-electron chi connectivity index (χ2n) is 4.72. The Balaban J connectivity index is 2.31. The molecule has 0 bridgehead atoms. The van der Waals surface area contributed by atoms with E-state index in [2.05, 4.69) is 67.8 Å². The summed E-state index contributed by atoms with van der Waals surface area (Å²) in [5.74, 6) is -1.35. The lowest BCUT2D eigenvalue weighted by Crippen LogP contribution is -2.38. The molecule has 0 spiro atoms. The van der Waals surface area contributed by atoms with Crippen LogP contribution in [0.1, 0.15) is 23.7 Å². The van der Waals surface area contributed by atoms with Crippen molar-refractivity contribution >= 4 is 79.6 Å². The topological polar surface area (TPSA) is 57.6 Å². The Bertz CT molecular complexity index is 576. The van der Waals surface area contributed by atoms with Crippen molar-refractivity contribution in [3.8, 4) is 0 Å². The van der Waals surface area contributed by atoms with Crippen molar-refractivity contribution in [1.29, 1.82) is 0 Å². The molecule has 1 fully saturated rings. The van der Waals surface area contributed by atoms with Gasteiger partial charge in [0.2, 0.25) is 0 Å². The van der Waals surface area contributed by atoms with E-state index in [1.54, 1.807) is 4.90 Å². The highest BCUT2D eigenvalue weighted by molar-refractivity contribution is 14.1. The van der Waals surface area contributed by atoms with Crippen molar-refractivity contribution in [2.24, 2.45) is 5.92 Å². The number of hydrogen-bond donors (Lipinski definition) is 1. The molecule has 2 rings (SSSR count). The molecule has 7 heteroatoms. The van der Waals surface area contributed by atoms with E-state index >= 15 is 0 Å². The summed E-state index contributed by atoms with van der Waals surface area (Å²) in [6.07, 6.45) is 0.528. The van der Waals surface area contributed by atoms with Crippen LogP contribution >= 0.6 is 67.8 Å². The summed E-state index contributed by atoms with van der Waals surface area (Å²) in [5.41, 5.74) is 0.666. The molecular weight excluding hydrogens is 599 g/mol. The predicted octanol–water partition coefficient (Wildman–Crippen LogP) is 3.44. The Morgan fingerprint density at radius 3 is 2.50 bits per heavy atom. The minimum atomic E-state index is -0.820. The van der Waals surface area contributed by atoms with Crippen molar-refractivity contribution in [3.63, 3.8) is 0 Å². The standard InChI is InChI=1S/C13H12I3NO3/c1-6-8(13(19)20)2-3-17(6)12(18)9-4-7(14)5-10(15)11(9)16/h4-6,8H,2-3H2,1H3,(H,19,20). The van der Waals surface area contributed by atoms with Crippen molar-refractivity contribution in [1.82, 2.24) is 4.90 Å². The van der Waals surface area contributed by atoms with Crippen LogP contribution in [-0.2, 0) is 4.79 Å². The monoisotopic (exact) mass is 611 g/mol. The van der Waals surface area contributed by atoms with Crippen LogP contribution in [0.25, 0.3) is 0 Å². The number of aliphatic carboxylic acids is 1. The Hall–Kier alpha value is 0.350. The SMILES string of the molecule is CC1C(C(=O)O)CCN1C(=O)c1cc(I)cc(I)c1I. The van der Waals surface area contributed by atoms with E-state index in [4.69, 9.17) is 5.11 Å². The van der Waals surface area contributed by atoms with Gasteiger partial charge < -0.3 is 10.0 Å². The van der Waals surface area contributed by atoms with Crippen molar-refractivity contribution in [2.75, 3.05) is 6.54 Å². The Morgan fingerprint density at radius 1 is 1.30 bits per heavy atom. The average molecular weight is 611 g/mol. The molecular formula is C13H12I3NO3. The Kier molecular flexibility index (Phi) is 5.54. The first-order valence-electron chi connectivity index (χ1n) is 6.01. The van der Waals surface area contributed by atoms with Gasteiger partial charge in [0.15, 0.2) is 0 Å². The summed E-state index contributed by atoms with van der Waals surface area (Å²) in [4.78, 5) is 25.5. The van der Waals surface area contributed by atoms with Crippen molar-refractivity contribution in [2.45, 2.75) is 19.4 Å². The molecule has 0 radical (unpaired) electrons. The normalized spacial score (nSPS) is 22.1. The van der Waals surface area contributed by atoms with Crippen LogP contribution in [0.15, 0.2) is 12.1 Å². The molecule has 0 saturated carbocycles. The number of carbonyl (C=O) groups is 2. The van der Waals surface area contributed by atoms with E-state index in [9.17, 15) is 9.59 Å². The molecule has 0 aromatic heterocycles. The minimum Gasteiger partial charge on any atom is -0.481 e. The maximum absolute atomic E-state index is 12.7. The maximum Gasteiger partial charge on any atom is 0.308 e. The van der Waals surface area contributed by atoms with Gasteiger partial charge in [-0.05, 0) is 93.2 Å². The highest BCUT2D eigenvalue weighted by Crippen LogP contribution is 2.29. The first-order valence-corrected chi connectivity index (χ1v) is 9.25. The lowest BCUT2D eigenvalue weighted by Gasteiger charge is -2.24. The zero-order chi connectivity index (χ0) is 15.0. The van der Waals surface area contributed by atoms with Crippen molar-refractivity contribution < 1.29 is 14.7 Å². The lowest BCUT2D eigenvalue weighted by atomic mass is 10.0. The molecule has 1 N–H and O–H groups in total. The molecule has 1 aliphatic rings. The van der Waals surface area contributed by atoms with Crippen LogP contribution in [0.2, 0.25) is 0 Å². The molecule has 20 heavy (non-hydrogen) atoms. The van der Waals surface area contributed by atoms with E-state index in [0.717, 1.165) is 10.7 Å². The summed E-state index contributed by atoms with van der Waals surface area (Å²) in [5, 5.41) is 9.15. The number of nitrogens with zero attached hydrogens (tertiary/aromatic N) is 1. The predicted molar refractivity (Wildman–Crippen MR) is 101 cm³/mol. The maximum atomic E-state index is 12.7. The average Bonchev–Trinajstić information content (AvgIpc) is 2.75. The number of benzene rings is 1. The largest absolute Gasteiger partial charge is 0.481 e. The van der Waals surface area contributed by atoms with E-state index in [1.165, 1.54) is 0 Å². The lowest BCUT2D eigenvalue weighted by molar-refractivity contribution is -0.142. The minimum absolute atomic E-state index is 0.0675. The third-order valence-electron chi connectivity index (χ3n) is 3.56. The molecule has 0 aliphatic carbocycles. The third-order valence-corrected chi connectivity index (χ3v) is 7.22. The summed E-state index contributed by atoms with van der Waals surface area (Å²) >= 11 is 6.58. The number of rotatable bonds is 2. The fourth-order valence-electron chi connectivity index (χ4n) is 2.42. The van der Waals surface area contributed by atoms with Crippen molar-refractivity contribution in [3.05, 3.63) is 28.4 Å². The molecule has 1 aromatic rings. The van der Waals surface area contributed by atoms with Crippen LogP contribution in [0, 0.1) is 16.6 Å². The van der Waals surface area contributed by atoms with E-state index in [0.29, 0.717) is 18.5 Å². The Morgan fingerprint density at radius 2 is 1.95 bits per heavy atom. The first kappa shape index (κ1) is 16.7. The fourth-order valence-corrected chi connectivity index (χ4v) is 4.81. The van der Waals surface area contributed by atoms with E-state index < -0.39 is 11.9 Å². The van der Waals surface area contributed by atoms with Gasteiger partial charge in [0.25, 0.3) is 5.91 Å². The summed E-state index contributed by atoms with van der Waals surface area (Å²) in [7, 11) is 0. The highest BCUT2D eigenvalue weighted by atomic mass is 127. The zero-order valence-corrected chi connectivity index (χ0v) is 17.0. The highest BCUT2D eigenvalue weighted by Gasteiger charge is 2.38. The molecule has 108 valence electrons. The smallest absolute Gasteiger partial charge is 0.308 e. The number of amides is 1. The van der Waals surface area contributed by atoms with Gasteiger partial charge in [-0.25, -0.2) is 0 Å². The number of hydrogen-bond acceptors (Lipinski definition) is 2. The van der Waals surface area contributed by atoms with Gasteiger partial charge in [0.1, 0.15) is 0 Å². The second kappa shape index (κ2) is 6.63. The second-order valence-corrected chi connectivity index (χ2v) is 8.21. The van der Waals surface area contributed by atoms with Crippen LogP contribution in [0.3, 0.4) is 0 Å². The third kappa shape index (κ3) is 3.23. The quantitative estimate of drug-likeness (QED) is 0.413. The molecule has 2 unspecified atom stereocenters. The van der Waals surface area contributed by atoms with Gasteiger partial charge >= 0.3 is 5.97 Å². The van der Waals surface area contributed by atoms with Crippen LogP contribution < -0.4 is 0 Å². The van der Waals surface area contributed by atoms with Gasteiger partial charge in [0.05, 0.1) is 11.5 Å². The van der Waals surface area contributed by atoms with Crippen LogP contribution in [-0.4, -0.2) is 34.5 Å². The first-order chi connectivity index (χ1) is 9.32. The molecule has 1 heterocycles. The summed E-state index contributed by atoms with van der Waals surface area (Å²) in [6, 6.07) is 3.63. The molecule has 2 atom stereocenters. The van der Waals surface area contributed by atoms with Gasteiger partial charge in [-0.1, -0.05) is 0 Å². The number of likely N-dealkylation sites (tertiary alicyclic amines) is 1. The van der Waals surface area contributed by atoms with E-state index in [-0.39, 0.29) is 11.9 Å². The molecule has 1 saturated heterocycles. The van der Waals surface area contributed by atoms with Gasteiger partial charge in [-0.15, -0.1) is 0 Å². The zero-order valence-electron chi connectivity index (χ0n) is 10.6. The summed E-state index contributed by atoms with van der Waals surface area (Å²) < 4.78 is 2.98. The van der Waals surface area contributed by atoms with Crippen LogP contribution in [0.5, 0.6) is 0 Å². The number of carbonyl (C=O) groups excluding carboxylic acids is 1. The Labute approximate surface area is 158 Å². The number of halogens is 3. The van der Waals surface area contributed by atoms with Crippen LogP contribution in [0.4, 0.5) is 0 Å². The molecule has 1 aromatic carbocycles.